The normalized spacial score (nSPS) is 13.6. The van der Waals surface area contributed by atoms with E-state index in [0.29, 0.717) is 0 Å². The van der Waals surface area contributed by atoms with E-state index in [1.807, 2.05) is 0 Å². The Morgan fingerprint density at radius 1 is 1.31 bits per heavy atom. The van der Waals surface area contributed by atoms with Crippen molar-refractivity contribution in [3.8, 4) is 0 Å². The summed E-state index contributed by atoms with van der Waals surface area (Å²) < 4.78 is 5.70. The molecule has 0 saturated carbocycles. The molecule has 3 nitrogen and oxygen atoms in total. The molecule has 0 fully saturated rings. The minimum Gasteiger partial charge on any atom is -0.406 e. The lowest BCUT2D eigenvalue weighted by Gasteiger charge is -2.18. The van der Waals surface area contributed by atoms with E-state index in [0.717, 1.165) is 19.7 Å². The topological polar surface area (TPSA) is 24.5 Å². The zero-order valence-electron chi connectivity index (χ0n) is 9.47. The van der Waals surface area contributed by atoms with Gasteiger partial charge in [0.1, 0.15) is 0 Å². The van der Waals surface area contributed by atoms with Crippen molar-refractivity contribution < 1.29 is 4.43 Å². The Kier molecular flexibility index (Phi) is 8.75. The summed E-state index contributed by atoms with van der Waals surface area (Å²) in [5, 5.41) is 0. The standard InChI is InChI=1S/C9H24N2OSi/c1-5-7-10-13(12-6-2)9-8-11(3)4/h10,13H,5-9H2,1-4H3. The molecule has 0 heterocycles. The zero-order valence-corrected chi connectivity index (χ0v) is 10.6. The fraction of sp³-hybridized carbons (Fsp3) is 1.00. The minimum absolute atomic E-state index is 0.848. The van der Waals surface area contributed by atoms with E-state index in [1.165, 1.54) is 12.5 Å². The quantitative estimate of drug-likeness (QED) is 0.592. The van der Waals surface area contributed by atoms with Crippen molar-refractivity contribution in [2.45, 2.75) is 26.3 Å². The minimum atomic E-state index is -1.10. The molecule has 1 unspecified atom stereocenters. The van der Waals surface area contributed by atoms with Crippen LogP contribution in [0, 0.1) is 0 Å². The van der Waals surface area contributed by atoms with Crippen molar-refractivity contribution in [1.29, 1.82) is 0 Å². The van der Waals surface area contributed by atoms with Crippen LogP contribution in [-0.2, 0) is 4.43 Å². The van der Waals surface area contributed by atoms with Gasteiger partial charge in [0, 0.05) is 6.61 Å². The smallest absolute Gasteiger partial charge is 0.253 e. The maximum atomic E-state index is 5.70. The third-order valence-electron chi connectivity index (χ3n) is 1.83. The average Bonchev–Trinajstić information content (AvgIpc) is 2.09. The number of hydrogen-bond acceptors (Lipinski definition) is 3. The van der Waals surface area contributed by atoms with E-state index >= 15 is 0 Å². The molecule has 0 spiro atoms. The first-order valence-corrected chi connectivity index (χ1v) is 7.06. The molecule has 13 heavy (non-hydrogen) atoms. The second kappa shape index (κ2) is 8.68. The lowest BCUT2D eigenvalue weighted by Crippen LogP contribution is -2.39. The lowest BCUT2D eigenvalue weighted by atomic mass is 10.5. The van der Waals surface area contributed by atoms with Gasteiger partial charge in [-0.25, -0.2) is 0 Å². The summed E-state index contributed by atoms with van der Waals surface area (Å²) in [5.41, 5.74) is 0. The summed E-state index contributed by atoms with van der Waals surface area (Å²) in [5.74, 6) is 0. The van der Waals surface area contributed by atoms with Crippen molar-refractivity contribution in [2.75, 3.05) is 33.8 Å². The van der Waals surface area contributed by atoms with Gasteiger partial charge in [0.15, 0.2) is 0 Å². The molecule has 0 aliphatic rings. The van der Waals surface area contributed by atoms with E-state index < -0.39 is 9.20 Å². The Labute approximate surface area is 84.3 Å². The predicted octanol–water partition coefficient (Wildman–Crippen LogP) is 0.805. The summed E-state index contributed by atoms with van der Waals surface area (Å²) >= 11 is 0. The first-order chi connectivity index (χ1) is 6.20. The van der Waals surface area contributed by atoms with E-state index in [-0.39, 0.29) is 0 Å². The molecule has 4 heteroatoms. The van der Waals surface area contributed by atoms with Crippen LogP contribution in [0.2, 0.25) is 6.04 Å². The molecule has 80 valence electrons. The summed E-state index contributed by atoms with van der Waals surface area (Å²) in [7, 11) is 3.12. The van der Waals surface area contributed by atoms with Crippen LogP contribution < -0.4 is 4.98 Å². The molecule has 0 aliphatic carbocycles. The Morgan fingerprint density at radius 3 is 2.46 bits per heavy atom. The van der Waals surface area contributed by atoms with Gasteiger partial charge in [0.05, 0.1) is 0 Å². The molecule has 0 saturated heterocycles. The van der Waals surface area contributed by atoms with Crippen LogP contribution >= 0.6 is 0 Å². The van der Waals surface area contributed by atoms with Gasteiger partial charge in [-0.2, -0.15) is 0 Å². The largest absolute Gasteiger partial charge is 0.406 e. The van der Waals surface area contributed by atoms with Crippen LogP contribution in [0.4, 0.5) is 0 Å². The molecule has 0 aromatic heterocycles. The zero-order chi connectivity index (χ0) is 10.1. The Balaban J connectivity index is 3.53. The molecule has 1 atom stereocenters. The van der Waals surface area contributed by atoms with Crippen LogP contribution in [0.25, 0.3) is 0 Å². The fourth-order valence-corrected chi connectivity index (χ4v) is 3.38. The number of rotatable bonds is 8. The monoisotopic (exact) mass is 204 g/mol. The molecular formula is C9H24N2OSi. The summed E-state index contributed by atoms with van der Waals surface area (Å²) in [4.78, 5) is 5.73. The SMILES string of the molecule is CCCN[SiH](CCN(C)C)OCC. The molecule has 0 aromatic rings. The second-order valence-corrected chi connectivity index (χ2v) is 5.79. The third-order valence-corrected chi connectivity index (χ3v) is 4.09. The molecule has 0 rings (SSSR count). The van der Waals surface area contributed by atoms with Crippen LogP contribution in [-0.4, -0.2) is 47.9 Å². The number of nitrogens with one attached hydrogen (secondary N) is 1. The second-order valence-electron chi connectivity index (χ2n) is 3.49. The van der Waals surface area contributed by atoms with E-state index in [9.17, 15) is 0 Å². The summed E-state index contributed by atoms with van der Waals surface area (Å²) in [6.45, 7) is 7.35. The number of hydrogen-bond donors (Lipinski definition) is 1. The van der Waals surface area contributed by atoms with Crippen molar-refractivity contribution in [3.05, 3.63) is 0 Å². The van der Waals surface area contributed by atoms with Gasteiger partial charge < -0.3 is 14.3 Å². The van der Waals surface area contributed by atoms with Gasteiger partial charge in [-0.1, -0.05) is 6.92 Å². The maximum absolute atomic E-state index is 5.70. The van der Waals surface area contributed by atoms with Gasteiger partial charge in [-0.3, -0.25) is 0 Å². The van der Waals surface area contributed by atoms with Crippen molar-refractivity contribution in [3.63, 3.8) is 0 Å². The molecular weight excluding hydrogens is 180 g/mol. The third kappa shape index (κ3) is 8.43. The van der Waals surface area contributed by atoms with Crippen LogP contribution in [0.1, 0.15) is 20.3 Å². The molecule has 0 aliphatic heterocycles. The van der Waals surface area contributed by atoms with Gasteiger partial charge in [0.2, 0.25) is 0 Å². The number of nitrogens with zero attached hydrogens (tertiary/aromatic N) is 1. The highest BCUT2D eigenvalue weighted by atomic mass is 28.3. The fourth-order valence-electron chi connectivity index (χ4n) is 1.13. The summed E-state index contributed by atoms with van der Waals surface area (Å²) in [6.07, 6.45) is 1.19. The first-order valence-electron chi connectivity index (χ1n) is 5.20. The Hall–Kier alpha value is 0.0969. The van der Waals surface area contributed by atoms with Gasteiger partial charge >= 0.3 is 0 Å². The first kappa shape index (κ1) is 13.1. The Morgan fingerprint density at radius 2 is 2.00 bits per heavy atom. The highest BCUT2D eigenvalue weighted by Gasteiger charge is 2.09. The van der Waals surface area contributed by atoms with Crippen LogP contribution in [0.5, 0.6) is 0 Å². The maximum Gasteiger partial charge on any atom is 0.253 e. The molecule has 0 aromatic carbocycles. The highest BCUT2D eigenvalue weighted by molar-refractivity contribution is 6.48. The van der Waals surface area contributed by atoms with Crippen molar-refractivity contribution in [2.24, 2.45) is 0 Å². The lowest BCUT2D eigenvalue weighted by molar-refractivity contribution is 0.324. The average molecular weight is 204 g/mol. The van der Waals surface area contributed by atoms with E-state index in [1.54, 1.807) is 0 Å². The van der Waals surface area contributed by atoms with Crippen LogP contribution in [0.3, 0.4) is 0 Å². The molecule has 0 radical (unpaired) electrons. The van der Waals surface area contributed by atoms with Crippen molar-refractivity contribution >= 4 is 9.20 Å². The summed E-state index contributed by atoms with van der Waals surface area (Å²) in [6, 6.07) is 1.20. The highest BCUT2D eigenvalue weighted by Crippen LogP contribution is 1.93. The van der Waals surface area contributed by atoms with Gasteiger partial charge in [-0.15, -0.1) is 0 Å². The molecule has 0 amide bonds. The van der Waals surface area contributed by atoms with Gasteiger partial charge in [0.25, 0.3) is 9.20 Å². The van der Waals surface area contributed by atoms with E-state index in [2.05, 4.69) is 37.8 Å². The van der Waals surface area contributed by atoms with E-state index in [4.69, 9.17) is 4.43 Å². The predicted molar refractivity (Wildman–Crippen MR) is 60.4 cm³/mol. The molecule has 1 N–H and O–H groups in total. The molecule has 0 bridgehead atoms. The Bertz CT molecular complexity index is 112. The van der Waals surface area contributed by atoms with Gasteiger partial charge in [-0.05, 0) is 46.6 Å². The van der Waals surface area contributed by atoms with Crippen molar-refractivity contribution in [1.82, 2.24) is 9.88 Å². The van der Waals surface area contributed by atoms with Crippen LogP contribution in [0.15, 0.2) is 0 Å².